The zero-order valence-corrected chi connectivity index (χ0v) is 11.5. The van der Waals surface area contributed by atoms with E-state index in [4.69, 9.17) is 0 Å². The fraction of sp³-hybridized carbons (Fsp3) is 0.200. The number of hydrogen-bond donors (Lipinski definition) is 2. The Morgan fingerprint density at radius 1 is 0.667 bits per heavy atom. The van der Waals surface area contributed by atoms with Gasteiger partial charge in [-0.2, -0.15) is 0 Å². The molecule has 2 nitrogen and oxygen atoms in total. The summed E-state index contributed by atoms with van der Waals surface area (Å²) in [5.74, 6) is -3.40. The van der Waals surface area contributed by atoms with Crippen LogP contribution in [-0.4, -0.2) is 14.1 Å². The van der Waals surface area contributed by atoms with Crippen LogP contribution in [0.1, 0.15) is 11.1 Å². The van der Waals surface area contributed by atoms with E-state index in [-0.39, 0.29) is 22.5 Å². The van der Waals surface area contributed by atoms with Crippen molar-refractivity contribution in [3.05, 3.63) is 58.7 Å². The molecule has 2 rings (SSSR count). The van der Waals surface area contributed by atoms with Crippen molar-refractivity contribution in [2.45, 2.75) is 6.42 Å². The molecular formula is C15H14F4N2. The second-order valence-corrected chi connectivity index (χ2v) is 4.51. The van der Waals surface area contributed by atoms with Crippen LogP contribution in [0.3, 0.4) is 0 Å². The average molecular weight is 298 g/mol. The Labute approximate surface area is 119 Å². The van der Waals surface area contributed by atoms with E-state index in [1.54, 1.807) is 0 Å². The van der Waals surface area contributed by atoms with Crippen molar-refractivity contribution in [2.24, 2.45) is 0 Å². The SMILES string of the molecule is CNc1cc(F)c(Cc2c(F)cc(NC)cc2F)c(F)c1. The first-order valence-electron chi connectivity index (χ1n) is 6.27. The smallest absolute Gasteiger partial charge is 0.131 e. The van der Waals surface area contributed by atoms with Gasteiger partial charge in [-0.25, -0.2) is 17.6 Å². The van der Waals surface area contributed by atoms with Gasteiger partial charge in [-0.05, 0) is 24.3 Å². The topological polar surface area (TPSA) is 24.1 Å². The van der Waals surface area contributed by atoms with Crippen molar-refractivity contribution in [3.8, 4) is 0 Å². The molecule has 0 atom stereocenters. The summed E-state index contributed by atoms with van der Waals surface area (Å²) in [7, 11) is 3.04. The number of nitrogens with one attached hydrogen (secondary N) is 2. The zero-order valence-electron chi connectivity index (χ0n) is 11.5. The third-order valence-corrected chi connectivity index (χ3v) is 3.21. The van der Waals surface area contributed by atoms with Gasteiger partial charge in [0.05, 0.1) is 0 Å². The van der Waals surface area contributed by atoms with E-state index in [0.717, 1.165) is 24.3 Å². The molecule has 0 saturated carbocycles. The van der Waals surface area contributed by atoms with Crippen molar-refractivity contribution < 1.29 is 17.6 Å². The maximum atomic E-state index is 13.9. The summed E-state index contributed by atoms with van der Waals surface area (Å²) < 4.78 is 55.4. The third kappa shape index (κ3) is 3.09. The second kappa shape index (κ2) is 6.03. The van der Waals surface area contributed by atoms with Crippen LogP contribution in [0.2, 0.25) is 0 Å². The van der Waals surface area contributed by atoms with E-state index in [9.17, 15) is 17.6 Å². The van der Waals surface area contributed by atoms with Gasteiger partial charge in [-0.3, -0.25) is 0 Å². The molecule has 0 heterocycles. The Kier molecular flexibility index (Phi) is 4.35. The van der Waals surface area contributed by atoms with E-state index in [0.29, 0.717) is 0 Å². The Balaban J connectivity index is 2.43. The summed E-state index contributed by atoms with van der Waals surface area (Å²) in [5.41, 5.74) is -0.242. The normalized spacial score (nSPS) is 10.6. The second-order valence-electron chi connectivity index (χ2n) is 4.51. The average Bonchev–Trinajstić information content (AvgIpc) is 2.44. The Hall–Kier alpha value is -2.24. The van der Waals surface area contributed by atoms with E-state index in [1.807, 2.05) is 0 Å². The van der Waals surface area contributed by atoms with Gasteiger partial charge in [0.25, 0.3) is 0 Å². The quantitative estimate of drug-likeness (QED) is 0.836. The van der Waals surface area contributed by atoms with Gasteiger partial charge in [0, 0.05) is 43.0 Å². The van der Waals surface area contributed by atoms with Gasteiger partial charge < -0.3 is 10.6 Å². The molecule has 0 amide bonds. The first kappa shape index (κ1) is 15.2. The molecule has 0 radical (unpaired) electrons. The molecular weight excluding hydrogens is 284 g/mol. The van der Waals surface area contributed by atoms with Crippen molar-refractivity contribution in [1.29, 1.82) is 0 Å². The Morgan fingerprint density at radius 3 is 1.19 bits per heavy atom. The maximum absolute atomic E-state index is 13.9. The highest BCUT2D eigenvalue weighted by Crippen LogP contribution is 2.25. The predicted octanol–water partition coefficient (Wildman–Crippen LogP) is 3.92. The summed E-state index contributed by atoms with van der Waals surface area (Å²) in [6.45, 7) is 0. The lowest BCUT2D eigenvalue weighted by atomic mass is 10.0. The van der Waals surface area contributed by atoms with Crippen LogP contribution in [0, 0.1) is 23.3 Å². The first-order valence-corrected chi connectivity index (χ1v) is 6.27. The molecule has 0 aromatic heterocycles. The monoisotopic (exact) mass is 298 g/mol. The summed E-state index contributed by atoms with van der Waals surface area (Å²) >= 11 is 0. The molecule has 0 aliphatic heterocycles. The Morgan fingerprint density at radius 2 is 0.952 bits per heavy atom. The molecule has 0 fully saturated rings. The summed E-state index contributed by atoms with van der Waals surface area (Å²) in [6.07, 6.45) is -0.497. The van der Waals surface area contributed by atoms with Gasteiger partial charge >= 0.3 is 0 Å². The molecule has 0 bridgehead atoms. The van der Waals surface area contributed by atoms with Crippen LogP contribution in [0.5, 0.6) is 0 Å². The molecule has 2 N–H and O–H groups in total. The van der Waals surface area contributed by atoms with Gasteiger partial charge in [0.2, 0.25) is 0 Å². The molecule has 0 unspecified atom stereocenters. The van der Waals surface area contributed by atoms with Crippen LogP contribution >= 0.6 is 0 Å². The van der Waals surface area contributed by atoms with Crippen LogP contribution in [0.25, 0.3) is 0 Å². The van der Waals surface area contributed by atoms with Gasteiger partial charge in [0.15, 0.2) is 0 Å². The summed E-state index contributed by atoms with van der Waals surface area (Å²) in [6, 6.07) is 4.32. The van der Waals surface area contributed by atoms with E-state index in [2.05, 4.69) is 10.6 Å². The van der Waals surface area contributed by atoms with Crippen LogP contribution in [-0.2, 0) is 6.42 Å². The first-order chi connectivity index (χ1) is 9.96. The van der Waals surface area contributed by atoms with Gasteiger partial charge in [-0.1, -0.05) is 0 Å². The summed E-state index contributed by atoms with van der Waals surface area (Å²) in [4.78, 5) is 0. The fourth-order valence-electron chi connectivity index (χ4n) is 2.01. The lowest BCUT2D eigenvalue weighted by molar-refractivity contribution is 0.539. The largest absolute Gasteiger partial charge is 0.388 e. The van der Waals surface area contributed by atoms with Crippen molar-refractivity contribution >= 4 is 11.4 Å². The molecule has 2 aromatic carbocycles. The lowest BCUT2D eigenvalue weighted by Gasteiger charge is -2.11. The van der Waals surface area contributed by atoms with E-state index >= 15 is 0 Å². The Bertz CT molecular complexity index is 567. The van der Waals surface area contributed by atoms with Gasteiger partial charge in [-0.15, -0.1) is 0 Å². The molecule has 6 heteroatoms. The summed E-state index contributed by atoms with van der Waals surface area (Å²) in [5, 5.41) is 5.20. The minimum atomic E-state index is -0.851. The van der Waals surface area contributed by atoms with Gasteiger partial charge in [0.1, 0.15) is 23.3 Å². The highest BCUT2D eigenvalue weighted by Gasteiger charge is 2.17. The molecule has 21 heavy (non-hydrogen) atoms. The number of hydrogen-bond acceptors (Lipinski definition) is 2. The van der Waals surface area contributed by atoms with Crippen LogP contribution < -0.4 is 10.6 Å². The third-order valence-electron chi connectivity index (χ3n) is 3.21. The van der Waals surface area contributed by atoms with Crippen LogP contribution in [0.15, 0.2) is 24.3 Å². The van der Waals surface area contributed by atoms with E-state index in [1.165, 1.54) is 14.1 Å². The number of anilines is 2. The van der Waals surface area contributed by atoms with Crippen molar-refractivity contribution in [2.75, 3.05) is 24.7 Å². The molecule has 0 aliphatic carbocycles. The minimum absolute atomic E-state index is 0.250. The highest BCUT2D eigenvalue weighted by atomic mass is 19.1. The maximum Gasteiger partial charge on any atom is 0.131 e. The molecule has 0 aliphatic rings. The highest BCUT2D eigenvalue weighted by molar-refractivity contribution is 5.49. The standard InChI is InChI=1S/C15H14F4N2/c1-20-8-3-12(16)10(13(17)4-8)7-11-14(18)5-9(21-2)6-15(11)19/h3-6,20-21H,7H2,1-2H3. The van der Waals surface area contributed by atoms with Crippen LogP contribution in [0.4, 0.5) is 28.9 Å². The zero-order chi connectivity index (χ0) is 15.6. The minimum Gasteiger partial charge on any atom is -0.388 e. The number of benzene rings is 2. The predicted molar refractivity (Wildman–Crippen MR) is 74.6 cm³/mol. The lowest BCUT2D eigenvalue weighted by Crippen LogP contribution is -2.04. The number of halogens is 4. The van der Waals surface area contributed by atoms with Crippen molar-refractivity contribution in [3.63, 3.8) is 0 Å². The number of rotatable bonds is 4. The fourth-order valence-corrected chi connectivity index (χ4v) is 2.01. The molecule has 0 saturated heterocycles. The van der Waals surface area contributed by atoms with Crippen molar-refractivity contribution in [1.82, 2.24) is 0 Å². The molecule has 2 aromatic rings. The molecule has 112 valence electrons. The molecule has 0 spiro atoms. The van der Waals surface area contributed by atoms with E-state index < -0.39 is 29.7 Å².